The van der Waals surface area contributed by atoms with E-state index in [0.717, 1.165) is 25.7 Å². The van der Waals surface area contributed by atoms with Gasteiger partial charge in [0.05, 0.1) is 60.8 Å². The number of aliphatic hydroxyl groups excluding tert-OH is 8. The van der Waals surface area contributed by atoms with Crippen LogP contribution in [0.4, 0.5) is 9.59 Å². The molecule has 2 saturated carbocycles. The van der Waals surface area contributed by atoms with Gasteiger partial charge in [-0.2, -0.15) is 0 Å². The van der Waals surface area contributed by atoms with Crippen molar-refractivity contribution < 1.29 is 88.3 Å². The topological polar surface area (TPSA) is 567 Å². The van der Waals surface area contributed by atoms with Gasteiger partial charge < -0.3 is 157 Å². The summed E-state index contributed by atoms with van der Waals surface area (Å²) in [5, 5.41) is 93.8. The van der Waals surface area contributed by atoms with E-state index >= 15 is 0 Å². The first kappa shape index (κ1) is 69.3. The lowest BCUT2D eigenvalue weighted by atomic mass is 9.84. The highest BCUT2D eigenvalue weighted by Gasteiger charge is 2.53. The van der Waals surface area contributed by atoms with Crippen LogP contribution < -0.4 is 68.0 Å². The van der Waals surface area contributed by atoms with Gasteiger partial charge in [0, 0.05) is 116 Å². The number of amides is 4. The molecule has 4 amide bonds. The maximum atomic E-state index is 13.1. The smallest absolute Gasteiger partial charge is 0.317 e. The number of unbranched alkanes of at least 4 members (excludes halogenated alkanes) is 3. The van der Waals surface area contributed by atoms with Gasteiger partial charge in [0.1, 0.15) is 61.0 Å². The molecular formula is C52H102N16O18. The molecule has 0 radical (unpaired) electrons. The summed E-state index contributed by atoms with van der Waals surface area (Å²) in [4.78, 5) is 33.7. The van der Waals surface area contributed by atoms with E-state index in [1.54, 1.807) is 9.80 Å². The Morgan fingerprint density at radius 2 is 0.709 bits per heavy atom. The van der Waals surface area contributed by atoms with Crippen molar-refractivity contribution in [1.82, 2.24) is 30.2 Å². The fourth-order valence-electron chi connectivity index (χ4n) is 12.8. The molecule has 8 aliphatic rings. The third-order valence-electron chi connectivity index (χ3n) is 18.3. The molecule has 6 aliphatic heterocycles. The second-order valence-electron chi connectivity index (χ2n) is 24.7. The Balaban J connectivity index is 0.681. The van der Waals surface area contributed by atoms with E-state index in [4.69, 9.17) is 95.2 Å². The lowest BCUT2D eigenvalue weighted by molar-refractivity contribution is -0.313. The summed E-state index contributed by atoms with van der Waals surface area (Å²) in [6.45, 7) is 4.92. The SMILES string of the molecule is NCC1OC(OC2C(N)CC(N)C(OC3OC(CN4CCN(C(=O)NCCCCCCNC(=O)N5CCN(CC6OC(OC7C(N)CC(N)C(OC8OC(CN)C(O)CC8N)C7O)C(O)C(N)C6O)CC5)CC4)C(O)C(N)C3O)C2O)C(N)CC1O. The summed E-state index contributed by atoms with van der Waals surface area (Å²) in [5.41, 5.74) is 62.1. The van der Waals surface area contributed by atoms with Gasteiger partial charge in [-0.15, -0.1) is 0 Å². The Labute approximate surface area is 500 Å². The molecule has 34 nitrogen and oxygen atoms in total. The second-order valence-corrected chi connectivity index (χ2v) is 24.7. The number of rotatable bonds is 21. The van der Waals surface area contributed by atoms with E-state index in [-0.39, 0.29) is 63.9 Å². The molecule has 6 saturated heterocycles. The molecule has 498 valence electrons. The number of nitrogens with two attached hydrogens (primary N) is 10. The van der Waals surface area contributed by atoms with Crippen molar-refractivity contribution >= 4 is 12.1 Å². The lowest BCUT2D eigenvalue weighted by Gasteiger charge is -2.48. The Kier molecular flexibility index (Phi) is 25.5. The third kappa shape index (κ3) is 16.9. The van der Waals surface area contributed by atoms with E-state index in [0.29, 0.717) is 65.4 Å². The van der Waals surface area contributed by atoms with Crippen LogP contribution in [0.2, 0.25) is 0 Å². The minimum Gasteiger partial charge on any atom is -0.390 e. The Morgan fingerprint density at radius 1 is 0.395 bits per heavy atom. The molecule has 0 aromatic heterocycles. The summed E-state index contributed by atoms with van der Waals surface area (Å²) >= 11 is 0. The van der Waals surface area contributed by atoms with Gasteiger partial charge in [0.2, 0.25) is 0 Å². The number of urea groups is 2. The highest BCUT2D eigenvalue weighted by atomic mass is 16.7. The Morgan fingerprint density at radius 3 is 1.03 bits per heavy atom. The van der Waals surface area contributed by atoms with Gasteiger partial charge >= 0.3 is 12.1 Å². The van der Waals surface area contributed by atoms with Crippen molar-refractivity contribution in [3.63, 3.8) is 0 Å². The number of hydrogen-bond donors (Lipinski definition) is 20. The monoisotopic (exact) mass is 1240 g/mol. The van der Waals surface area contributed by atoms with Crippen LogP contribution in [0.5, 0.6) is 0 Å². The fourth-order valence-corrected chi connectivity index (χ4v) is 12.8. The highest BCUT2D eigenvalue weighted by molar-refractivity contribution is 5.74. The summed E-state index contributed by atoms with van der Waals surface area (Å²) in [6.07, 6.45) is -18.8. The molecule has 0 aromatic carbocycles. The first-order valence-corrected chi connectivity index (χ1v) is 30.6. The van der Waals surface area contributed by atoms with Crippen molar-refractivity contribution in [2.45, 2.75) is 223 Å². The van der Waals surface area contributed by atoms with Gasteiger partial charge in [-0.05, 0) is 38.5 Å². The summed E-state index contributed by atoms with van der Waals surface area (Å²) in [5.74, 6) is 0. The summed E-state index contributed by atoms with van der Waals surface area (Å²) < 4.78 is 48.2. The maximum Gasteiger partial charge on any atom is 0.317 e. The first-order valence-electron chi connectivity index (χ1n) is 30.6. The molecule has 2 aliphatic carbocycles. The molecule has 8 rings (SSSR count). The third-order valence-corrected chi connectivity index (χ3v) is 18.3. The zero-order valence-corrected chi connectivity index (χ0v) is 48.9. The van der Waals surface area contributed by atoms with Gasteiger partial charge in [0.25, 0.3) is 0 Å². The number of carbonyl (C=O) groups excluding carboxylic acids is 2. The number of piperazine rings is 2. The minimum absolute atomic E-state index is 0.0207. The van der Waals surface area contributed by atoms with Gasteiger partial charge in [-0.3, -0.25) is 9.80 Å². The van der Waals surface area contributed by atoms with E-state index in [2.05, 4.69) is 10.6 Å². The van der Waals surface area contributed by atoms with E-state index in [9.17, 15) is 50.4 Å². The number of nitrogens with one attached hydrogen (secondary N) is 2. The van der Waals surface area contributed by atoms with Crippen LogP contribution in [0.25, 0.3) is 0 Å². The maximum absolute atomic E-state index is 13.1. The number of nitrogens with zero attached hydrogens (tertiary/aromatic N) is 4. The largest absolute Gasteiger partial charge is 0.390 e. The molecule has 0 aromatic rings. The molecule has 86 heavy (non-hydrogen) atoms. The van der Waals surface area contributed by atoms with E-state index < -0.39 is 171 Å². The van der Waals surface area contributed by atoms with E-state index in [1.165, 1.54) is 0 Å². The van der Waals surface area contributed by atoms with Crippen molar-refractivity contribution in [2.75, 3.05) is 91.6 Å². The fraction of sp³-hybridized carbons (Fsp3) is 0.962. The minimum atomic E-state index is -1.48. The lowest BCUT2D eigenvalue weighted by Crippen LogP contribution is -2.68. The van der Waals surface area contributed by atoms with Gasteiger partial charge in [-0.25, -0.2) is 9.59 Å². The molecular weight excluding hydrogens is 1140 g/mol. The van der Waals surface area contributed by atoms with Crippen molar-refractivity contribution in [1.29, 1.82) is 0 Å². The predicted molar refractivity (Wildman–Crippen MR) is 304 cm³/mol. The number of carbonyl (C=O) groups is 2. The normalized spacial score (nSPS) is 45.0. The highest BCUT2D eigenvalue weighted by Crippen LogP contribution is 2.34. The van der Waals surface area contributed by atoms with Crippen molar-refractivity contribution in [3.05, 3.63) is 0 Å². The zero-order chi connectivity index (χ0) is 62.3. The van der Waals surface area contributed by atoms with Crippen LogP contribution in [0.3, 0.4) is 0 Å². The predicted octanol–water partition coefficient (Wildman–Crippen LogP) is -11.3. The molecule has 6 heterocycles. The number of aliphatic hydroxyl groups is 8. The molecule has 0 bridgehead atoms. The van der Waals surface area contributed by atoms with Crippen LogP contribution in [0, 0.1) is 0 Å². The average Bonchev–Trinajstić information content (AvgIpc) is 2.15. The number of hydrogen-bond acceptors (Lipinski definition) is 30. The Bertz CT molecular complexity index is 1950. The Hall–Kier alpha value is -2.58. The van der Waals surface area contributed by atoms with Crippen LogP contribution in [0.15, 0.2) is 0 Å². The average molecular weight is 1240 g/mol. The van der Waals surface area contributed by atoms with Gasteiger partial charge in [-0.1, -0.05) is 12.8 Å². The molecule has 30 N–H and O–H groups in total. The summed E-state index contributed by atoms with van der Waals surface area (Å²) in [7, 11) is 0. The summed E-state index contributed by atoms with van der Waals surface area (Å²) in [6, 6.07) is -7.27. The van der Waals surface area contributed by atoms with Crippen LogP contribution >= 0.6 is 0 Å². The van der Waals surface area contributed by atoms with Crippen LogP contribution in [0.1, 0.15) is 51.4 Å². The van der Waals surface area contributed by atoms with Crippen LogP contribution in [-0.2, 0) is 37.9 Å². The van der Waals surface area contributed by atoms with Crippen molar-refractivity contribution in [3.8, 4) is 0 Å². The van der Waals surface area contributed by atoms with Crippen LogP contribution in [-0.4, -0.2) is 335 Å². The quantitative estimate of drug-likeness (QED) is 0.0475. The first-order chi connectivity index (χ1) is 41.0. The standard InChI is InChI=1S/C52H102N16O18/c53-19-31-29(69)17-27(59)47(79-31)83-43-23(55)15-25(57)45(41(43)75)85-49-39(73)35(61)37(71)33(81-49)21-65-7-11-67(12-8-65)51(77)63-5-3-1-2-4-6-64-52(78)68-13-9-66(10-14-68)22-34-38(72)36(62)40(74)50(82-34)86-46-26(58)16-24(56)44(42(46)76)84-48-28(60)18-30(70)32(20-54)80-48/h23-50,69-76H,1-22,53-62H2,(H,63,77)(H,64,78). The molecule has 28 atom stereocenters. The zero-order valence-electron chi connectivity index (χ0n) is 48.9. The van der Waals surface area contributed by atoms with Gasteiger partial charge in [0.15, 0.2) is 25.2 Å². The van der Waals surface area contributed by atoms with Crippen molar-refractivity contribution in [2.24, 2.45) is 57.3 Å². The van der Waals surface area contributed by atoms with E-state index in [1.807, 2.05) is 9.80 Å². The molecule has 8 fully saturated rings. The second kappa shape index (κ2) is 31.6. The molecule has 34 heteroatoms. The molecule has 28 unspecified atom stereocenters. The molecule has 0 spiro atoms. The number of ether oxygens (including phenoxy) is 8.